The van der Waals surface area contributed by atoms with Gasteiger partial charge in [0.05, 0.1) is 5.54 Å². The van der Waals surface area contributed by atoms with E-state index >= 15 is 0 Å². The van der Waals surface area contributed by atoms with Gasteiger partial charge in [0.1, 0.15) is 12.2 Å². The summed E-state index contributed by atoms with van der Waals surface area (Å²) in [5.41, 5.74) is 1.15. The maximum absolute atomic E-state index is 12.3. The van der Waals surface area contributed by atoms with Crippen LogP contribution in [-0.4, -0.2) is 60.3 Å². The van der Waals surface area contributed by atoms with Gasteiger partial charge in [-0.15, -0.1) is 0 Å². The number of ether oxygens (including phenoxy) is 1. The first kappa shape index (κ1) is 25.9. The fourth-order valence-corrected chi connectivity index (χ4v) is 4.83. The Kier molecular flexibility index (Phi) is 7.52. The Morgan fingerprint density at radius 1 is 1.24 bits per heavy atom. The molecule has 34 heavy (non-hydrogen) atoms. The van der Waals surface area contributed by atoms with Crippen LogP contribution in [0.3, 0.4) is 0 Å². The van der Waals surface area contributed by atoms with Crippen molar-refractivity contribution in [3.05, 3.63) is 65.0 Å². The second kappa shape index (κ2) is 9.87. The van der Waals surface area contributed by atoms with Crippen LogP contribution >= 0.6 is 0 Å². The summed E-state index contributed by atoms with van der Waals surface area (Å²) >= 11 is 0. The van der Waals surface area contributed by atoms with Crippen molar-refractivity contribution in [2.24, 2.45) is 5.41 Å². The Labute approximate surface area is 203 Å². The van der Waals surface area contributed by atoms with Gasteiger partial charge in [0.25, 0.3) is 0 Å². The lowest BCUT2D eigenvalue weighted by molar-refractivity contribution is -0.127. The summed E-state index contributed by atoms with van der Waals surface area (Å²) in [5, 5.41) is 15.2. The monoisotopic (exact) mass is 463 g/mol. The first-order valence-electron chi connectivity index (χ1n) is 11.7. The highest BCUT2D eigenvalue weighted by molar-refractivity contribution is 5.78. The van der Waals surface area contributed by atoms with Crippen LogP contribution in [-0.2, 0) is 15.1 Å². The summed E-state index contributed by atoms with van der Waals surface area (Å²) in [7, 11) is 3.54. The molecule has 1 aromatic carbocycles. The van der Waals surface area contributed by atoms with Gasteiger partial charge in [-0.05, 0) is 44.0 Å². The summed E-state index contributed by atoms with van der Waals surface area (Å²) in [4.78, 5) is 18.5. The van der Waals surface area contributed by atoms with E-state index in [0.29, 0.717) is 17.0 Å². The van der Waals surface area contributed by atoms with Crippen molar-refractivity contribution in [2.45, 2.75) is 51.7 Å². The third kappa shape index (κ3) is 5.33. The van der Waals surface area contributed by atoms with Crippen LogP contribution in [0.2, 0.25) is 0 Å². The third-order valence-electron chi connectivity index (χ3n) is 6.51. The Morgan fingerprint density at radius 3 is 2.44 bits per heavy atom. The van der Waals surface area contributed by atoms with E-state index in [1.54, 1.807) is 12.4 Å². The van der Waals surface area contributed by atoms with Crippen molar-refractivity contribution in [1.82, 2.24) is 15.2 Å². The quantitative estimate of drug-likeness (QED) is 0.617. The highest BCUT2D eigenvalue weighted by Gasteiger charge is 2.55. The van der Waals surface area contributed by atoms with E-state index in [1.165, 1.54) is 12.7 Å². The zero-order valence-electron chi connectivity index (χ0n) is 21.4. The number of benzene rings is 1. The number of aromatic nitrogens is 1. The number of pyridine rings is 1. The predicted octanol–water partition coefficient (Wildman–Crippen LogP) is 3.29. The molecular weight excluding hydrogens is 426 g/mol. The molecule has 1 aliphatic rings. The average molecular weight is 464 g/mol. The molecule has 6 heteroatoms. The molecule has 1 fully saturated rings. The molecule has 0 bridgehead atoms. The lowest BCUT2D eigenvalue weighted by atomic mass is 9.62. The minimum atomic E-state index is -1.22. The number of amides is 1. The number of aliphatic hydroxyl groups is 1. The fraction of sp³-hybridized carbons (Fsp3) is 0.500. The number of likely N-dealkylation sites (tertiary alicyclic amines) is 1. The van der Waals surface area contributed by atoms with Crippen LogP contribution in [0, 0.1) is 17.3 Å². The van der Waals surface area contributed by atoms with Crippen molar-refractivity contribution in [2.75, 3.05) is 33.9 Å². The molecular formula is C28H37N3O3. The number of nitrogens with zero attached hydrogens (tertiary/aromatic N) is 2. The first-order valence-corrected chi connectivity index (χ1v) is 11.7. The molecule has 0 aliphatic carbocycles. The molecule has 6 nitrogen and oxygen atoms in total. The number of nitrogens with one attached hydrogen (secondary N) is 1. The Hall–Kier alpha value is -2.72. The number of rotatable bonds is 7. The van der Waals surface area contributed by atoms with E-state index in [1.807, 2.05) is 32.0 Å². The molecule has 0 radical (unpaired) electrons. The molecule has 0 spiro atoms. The third-order valence-corrected chi connectivity index (χ3v) is 6.51. The Bertz CT molecular complexity index is 1080. The smallest absolute Gasteiger partial charge is 0.247 e. The van der Waals surface area contributed by atoms with Crippen LogP contribution in [0.1, 0.15) is 62.8 Å². The molecule has 1 saturated heterocycles. The second-order valence-electron chi connectivity index (χ2n) is 10.5. The summed E-state index contributed by atoms with van der Waals surface area (Å²) < 4.78 is 4.88. The van der Waals surface area contributed by atoms with Crippen LogP contribution in [0.15, 0.2) is 42.7 Å². The Balaban J connectivity index is 1.99. The molecule has 2 heterocycles. The molecule has 0 saturated carbocycles. The van der Waals surface area contributed by atoms with Crippen molar-refractivity contribution in [3.63, 3.8) is 0 Å². The highest BCUT2D eigenvalue weighted by atomic mass is 16.5. The lowest BCUT2D eigenvalue weighted by Gasteiger charge is -2.55. The maximum atomic E-state index is 12.3. The molecule has 2 aromatic rings. The minimum absolute atomic E-state index is 0.0161. The number of carbonyl (C=O) groups is 1. The van der Waals surface area contributed by atoms with Gasteiger partial charge in [-0.25, -0.2) is 0 Å². The van der Waals surface area contributed by atoms with Gasteiger partial charge in [0, 0.05) is 49.1 Å². The Morgan fingerprint density at radius 2 is 1.88 bits per heavy atom. The number of methoxy groups -OCH3 is 1. The fourth-order valence-electron chi connectivity index (χ4n) is 4.83. The van der Waals surface area contributed by atoms with Crippen molar-refractivity contribution in [3.8, 4) is 11.8 Å². The van der Waals surface area contributed by atoms with Gasteiger partial charge >= 0.3 is 0 Å². The SMILES string of the molecule is COCC(=O)NC(C)(C)C#Cc1cncc(C(O)(c2ccc(C(C)C)cc2)C2(C)CN(C)C2)c1. The van der Waals surface area contributed by atoms with Gasteiger partial charge in [-0.3, -0.25) is 9.78 Å². The van der Waals surface area contributed by atoms with Gasteiger partial charge in [-0.1, -0.05) is 56.9 Å². The van der Waals surface area contributed by atoms with E-state index in [9.17, 15) is 9.90 Å². The highest BCUT2D eigenvalue weighted by Crippen LogP contribution is 2.50. The summed E-state index contributed by atoms with van der Waals surface area (Å²) in [6.07, 6.45) is 3.41. The van der Waals surface area contributed by atoms with Gasteiger partial charge in [-0.2, -0.15) is 0 Å². The molecule has 1 amide bonds. The molecule has 3 rings (SSSR count). The molecule has 1 atom stereocenters. The summed E-state index contributed by atoms with van der Waals surface area (Å²) in [6.45, 7) is 11.6. The molecule has 1 unspecified atom stereocenters. The van der Waals surface area contributed by atoms with Gasteiger partial charge < -0.3 is 20.1 Å². The van der Waals surface area contributed by atoms with E-state index in [4.69, 9.17) is 4.74 Å². The summed E-state index contributed by atoms with van der Waals surface area (Å²) in [6, 6.07) is 10.2. The van der Waals surface area contributed by atoms with Crippen LogP contribution in [0.4, 0.5) is 0 Å². The van der Waals surface area contributed by atoms with E-state index in [2.05, 4.69) is 67.0 Å². The standard InChI is InChI=1S/C28H37N3O3/c1-20(2)22-8-10-23(11-9-22)28(33,27(5)18-31(6)19-27)24-14-21(15-29-16-24)12-13-26(3,4)30-25(32)17-34-7/h8-11,14-16,20,33H,17-19H2,1-7H3,(H,30,32). The predicted molar refractivity (Wildman–Crippen MR) is 134 cm³/mol. The van der Waals surface area contributed by atoms with Crippen LogP contribution in [0.25, 0.3) is 0 Å². The number of hydrogen-bond donors (Lipinski definition) is 2. The topological polar surface area (TPSA) is 74.7 Å². The number of carbonyl (C=O) groups excluding carboxylic acids is 1. The average Bonchev–Trinajstić information content (AvgIpc) is 2.76. The number of hydrogen-bond acceptors (Lipinski definition) is 5. The largest absolute Gasteiger partial charge is 0.380 e. The normalized spacial score (nSPS) is 17.3. The molecule has 182 valence electrons. The van der Waals surface area contributed by atoms with Crippen LogP contribution < -0.4 is 5.32 Å². The molecule has 1 aliphatic heterocycles. The summed E-state index contributed by atoms with van der Waals surface area (Å²) in [5.74, 6) is 6.43. The van der Waals surface area contributed by atoms with E-state index in [0.717, 1.165) is 18.7 Å². The van der Waals surface area contributed by atoms with Gasteiger partial charge in [0.15, 0.2) is 0 Å². The zero-order chi connectivity index (χ0) is 25.1. The molecule has 2 N–H and O–H groups in total. The van der Waals surface area contributed by atoms with E-state index in [-0.39, 0.29) is 17.9 Å². The maximum Gasteiger partial charge on any atom is 0.247 e. The van der Waals surface area contributed by atoms with Gasteiger partial charge in [0.2, 0.25) is 5.91 Å². The minimum Gasteiger partial charge on any atom is -0.380 e. The first-order chi connectivity index (χ1) is 15.9. The van der Waals surface area contributed by atoms with E-state index < -0.39 is 11.1 Å². The second-order valence-corrected chi connectivity index (χ2v) is 10.5. The van der Waals surface area contributed by atoms with Crippen molar-refractivity contribution >= 4 is 5.91 Å². The van der Waals surface area contributed by atoms with Crippen LogP contribution in [0.5, 0.6) is 0 Å². The molecule has 1 aromatic heterocycles. The lowest BCUT2D eigenvalue weighted by Crippen LogP contribution is -2.63. The zero-order valence-corrected chi connectivity index (χ0v) is 21.4. The van der Waals surface area contributed by atoms with Crippen molar-refractivity contribution in [1.29, 1.82) is 0 Å². The van der Waals surface area contributed by atoms with Crippen molar-refractivity contribution < 1.29 is 14.6 Å².